The van der Waals surface area contributed by atoms with Gasteiger partial charge in [0.15, 0.2) is 0 Å². The summed E-state index contributed by atoms with van der Waals surface area (Å²) in [4.78, 5) is 2.67. The molecule has 0 saturated heterocycles. The van der Waals surface area contributed by atoms with Crippen LogP contribution in [0.4, 0.5) is 11.4 Å². The van der Waals surface area contributed by atoms with Crippen molar-refractivity contribution in [3.05, 3.63) is 203 Å². The molecule has 1 nitrogen and oxygen atoms in total. The lowest BCUT2D eigenvalue weighted by Gasteiger charge is -2.45. The quantitative estimate of drug-likeness (QED) is 0.124. The standard InChI is InChI=1S/C62H59N/c1-9-35-61(7,43-27-31-48-47-21-14-15-22-52(47)59(3,4)53(48)37-43)44-28-32-49-50-33-29-45(39-55(50)60(5,6)54(49)38-44)62(8,36-10-2)63(46-19-12-11-13-20-46)56-34-26-42-24-23-40-17-16-18-41-25-30-51(56)58(42)57(40)41/h11-34,37-39H,9-10,35-36H2,1-8H3. The molecule has 63 heavy (non-hydrogen) atoms. The Morgan fingerprint density at radius 3 is 1.54 bits per heavy atom. The molecule has 9 aromatic carbocycles. The molecule has 2 aliphatic carbocycles. The molecule has 1 heteroatoms. The summed E-state index contributed by atoms with van der Waals surface area (Å²) in [6, 6.07) is 63.2. The lowest BCUT2D eigenvalue weighted by molar-refractivity contribution is 0.436. The largest absolute Gasteiger partial charge is 0.331 e. The Labute approximate surface area is 374 Å². The van der Waals surface area contributed by atoms with Gasteiger partial charge >= 0.3 is 0 Å². The molecule has 0 fully saturated rings. The topological polar surface area (TPSA) is 3.24 Å². The summed E-state index contributed by atoms with van der Waals surface area (Å²) < 4.78 is 0. The smallest absolute Gasteiger partial charge is 0.0674 e. The van der Waals surface area contributed by atoms with Gasteiger partial charge in [-0.3, -0.25) is 0 Å². The molecule has 2 aliphatic rings. The highest BCUT2D eigenvalue weighted by atomic mass is 15.2. The maximum absolute atomic E-state index is 2.67. The second kappa shape index (κ2) is 14.2. The van der Waals surface area contributed by atoms with Gasteiger partial charge < -0.3 is 4.90 Å². The zero-order chi connectivity index (χ0) is 43.5. The number of hydrogen-bond acceptors (Lipinski definition) is 1. The Bertz CT molecular complexity index is 3220. The Hall–Kier alpha value is -6.18. The van der Waals surface area contributed by atoms with E-state index in [0.717, 1.165) is 25.7 Å². The van der Waals surface area contributed by atoms with Gasteiger partial charge in [-0.15, -0.1) is 0 Å². The molecule has 0 aliphatic heterocycles. The van der Waals surface area contributed by atoms with Gasteiger partial charge in [-0.25, -0.2) is 0 Å². The molecule has 0 radical (unpaired) electrons. The van der Waals surface area contributed by atoms with Crippen LogP contribution in [-0.2, 0) is 21.8 Å². The monoisotopic (exact) mass is 817 g/mol. The molecule has 312 valence electrons. The molecule has 0 aromatic heterocycles. The minimum Gasteiger partial charge on any atom is -0.331 e. The fraction of sp³-hybridized carbons (Fsp3) is 0.258. The number of anilines is 2. The van der Waals surface area contributed by atoms with Crippen LogP contribution in [0.3, 0.4) is 0 Å². The molecule has 11 rings (SSSR count). The van der Waals surface area contributed by atoms with Gasteiger partial charge in [0.05, 0.1) is 5.54 Å². The lowest BCUT2D eigenvalue weighted by Crippen LogP contribution is -2.41. The van der Waals surface area contributed by atoms with Crippen molar-refractivity contribution in [3.8, 4) is 22.3 Å². The summed E-state index contributed by atoms with van der Waals surface area (Å²) >= 11 is 0. The van der Waals surface area contributed by atoms with Crippen LogP contribution >= 0.6 is 0 Å². The van der Waals surface area contributed by atoms with Gasteiger partial charge in [-0.2, -0.15) is 0 Å². The third-order valence-corrected chi connectivity index (χ3v) is 15.9. The predicted octanol–water partition coefficient (Wildman–Crippen LogP) is 17.2. The highest BCUT2D eigenvalue weighted by Gasteiger charge is 2.42. The molecule has 0 heterocycles. The van der Waals surface area contributed by atoms with Crippen molar-refractivity contribution in [3.63, 3.8) is 0 Å². The van der Waals surface area contributed by atoms with Gasteiger partial charge in [0.25, 0.3) is 0 Å². The number of nitrogens with zero attached hydrogens (tertiary/aromatic N) is 1. The van der Waals surface area contributed by atoms with Crippen LogP contribution in [-0.4, -0.2) is 0 Å². The second-order valence-corrected chi connectivity index (χ2v) is 20.3. The minimum atomic E-state index is -0.343. The minimum absolute atomic E-state index is 0.0311. The first-order valence-electron chi connectivity index (χ1n) is 23.5. The number of fused-ring (bicyclic) bond motifs is 6. The summed E-state index contributed by atoms with van der Waals surface area (Å²) in [5, 5.41) is 7.90. The third kappa shape index (κ3) is 5.67. The number of benzene rings is 9. The Balaban J connectivity index is 1.03. The van der Waals surface area contributed by atoms with Gasteiger partial charge in [0.1, 0.15) is 0 Å². The molecule has 0 bridgehead atoms. The summed E-state index contributed by atoms with van der Waals surface area (Å²) in [7, 11) is 0. The van der Waals surface area contributed by atoms with E-state index in [1.165, 1.54) is 105 Å². The van der Waals surface area contributed by atoms with Crippen molar-refractivity contribution in [2.45, 2.75) is 103 Å². The van der Waals surface area contributed by atoms with E-state index in [1.54, 1.807) is 0 Å². The zero-order valence-corrected chi connectivity index (χ0v) is 38.4. The molecule has 0 N–H and O–H groups in total. The highest BCUT2D eigenvalue weighted by molar-refractivity contribution is 6.25. The molecular formula is C62H59N. The lowest BCUT2D eigenvalue weighted by atomic mass is 9.70. The van der Waals surface area contributed by atoms with E-state index in [1.807, 2.05) is 0 Å². The summed E-state index contributed by atoms with van der Waals surface area (Å²) in [6.07, 6.45) is 4.25. The zero-order valence-electron chi connectivity index (χ0n) is 38.4. The Morgan fingerprint density at radius 1 is 0.429 bits per heavy atom. The fourth-order valence-electron chi connectivity index (χ4n) is 12.5. The van der Waals surface area contributed by atoms with Crippen molar-refractivity contribution < 1.29 is 0 Å². The van der Waals surface area contributed by atoms with E-state index >= 15 is 0 Å². The summed E-state index contributed by atoms with van der Waals surface area (Å²) in [5.41, 5.74) is 17.2. The van der Waals surface area contributed by atoms with Crippen molar-refractivity contribution in [2.75, 3.05) is 4.90 Å². The Kier molecular flexibility index (Phi) is 8.92. The van der Waals surface area contributed by atoms with Gasteiger partial charge in [-0.1, -0.05) is 207 Å². The molecule has 0 saturated carbocycles. The second-order valence-electron chi connectivity index (χ2n) is 20.3. The van der Waals surface area contributed by atoms with Crippen molar-refractivity contribution >= 4 is 43.7 Å². The van der Waals surface area contributed by atoms with Gasteiger partial charge in [0, 0.05) is 33.0 Å². The van der Waals surface area contributed by atoms with E-state index in [0.29, 0.717) is 0 Å². The van der Waals surface area contributed by atoms with Gasteiger partial charge in [0.2, 0.25) is 0 Å². The first-order valence-corrected chi connectivity index (χ1v) is 23.5. The van der Waals surface area contributed by atoms with Crippen LogP contribution in [0.1, 0.15) is 120 Å². The first kappa shape index (κ1) is 39.7. The third-order valence-electron chi connectivity index (χ3n) is 15.9. The van der Waals surface area contributed by atoms with Crippen molar-refractivity contribution in [1.29, 1.82) is 0 Å². The van der Waals surface area contributed by atoms with Crippen LogP contribution in [0.25, 0.3) is 54.6 Å². The summed E-state index contributed by atoms with van der Waals surface area (Å²) in [5.74, 6) is 0. The molecular weight excluding hydrogens is 759 g/mol. The van der Waals surface area contributed by atoms with Crippen LogP contribution in [0.5, 0.6) is 0 Å². The van der Waals surface area contributed by atoms with E-state index in [9.17, 15) is 0 Å². The first-order chi connectivity index (χ1) is 30.4. The van der Waals surface area contributed by atoms with Gasteiger partial charge in [-0.05, 0) is 126 Å². The van der Waals surface area contributed by atoms with E-state index in [2.05, 4.69) is 224 Å². The van der Waals surface area contributed by atoms with Crippen LogP contribution in [0.2, 0.25) is 0 Å². The van der Waals surface area contributed by atoms with Crippen molar-refractivity contribution in [1.82, 2.24) is 0 Å². The fourth-order valence-corrected chi connectivity index (χ4v) is 12.5. The Morgan fingerprint density at radius 2 is 0.921 bits per heavy atom. The maximum Gasteiger partial charge on any atom is 0.0674 e. The number of hydrogen-bond donors (Lipinski definition) is 0. The highest BCUT2D eigenvalue weighted by Crippen LogP contribution is 2.55. The summed E-state index contributed by atoms with van der Waals surface area (Å²) in [6.45, 7) is 19.4. The average Bonchev–Trinajstić information content (AvgIpc) is 3.67. The van der Waals surface area contributed by atoms with E-state index in [4.69, 9.17) is 0 Å². The molecule has 9 aromatic rings. The molecule has 2 unspecified atom stereocenters. The van der Waals surface area contributed by atoms with Crippen LogP contribution < -0.4 is 4.90 Å². The van der Waals surface area contributed by atoms with E-state index in [-0.39, 0.29) is 21.8 Å². The molecule has 0 amide bonds. The average molecular weight is 818 g/mol. The number of rotatable bonds is 10. The molecule has 0 spiro atoms. The van der Waals surface area contributed by atoms with Crippen LogP contribution in [0, 0.1) is 0 Å². The van der Waals surface area contributed by atoms with Crippen molar-refractivity contribution in [2.24, 2.45) is 0 Å². The number of para-hydroxylation sites is 1. The van der Waals surface area contributed by atoms with Crippen LogP contribution in [0.15, 0.2) is 164 Å². The predicted molar refractivity (Wildman–Crippen MR) is 270 cm³/mol. The SMILES string of the molecule is CCCC(C)(c1ccc2c(c1)C(C)(C)c1ccccc1-2)c1ccc2c(c1)C(C)(C)c1cc(C(C)(CCC)N(c3ccccc3)c3ccc4ccc5cccc6ccc3c4c56)ccc1-2. The maximum atomic E-state index is 2.67. The van der Waals surface area contributed by atoms with E-state index < -0.39 is 0 Å². The normalized spacial score (nSPS) is 16.4. The molecule has 2 atom stereocenters.